The molecule has 5 heteroatoms. The van der Waals surface area contributed by atoms with Crippen molar-refractivity contribution in [2.45, 2.75) is 19.8 Å². The van der Waals surface area contributed by atoms with Crippen LogP contribution in [0.2, 0.25) is 5.02 Å². The molecular weight excluding hydrogens is 232 g/mol. The fourth-order valence-corrected chi connectivity index (χ4v) is 1.22. The van der Waals surface area contributed by atoms with Gasteiger partial charge in [-0.2, -0.15) is 4.89 Å². The van der Waals surface area contributed by atoms with Crippen molar-refractivity contribution in [1.29, 1.82) is 0 Å². The van der Waals surface area contributed by atoms with Crippen molar-refractivity contribution in [3.8, 4) is 5.75 Å². The Kier molecular flexibility index (Phi) is 5.08. The lowest BCUT2D eigenvalue weighted by atomic mass is 10.2. The minimum absolute atomic E-state index is 0.0102. The molecule has 1 aromatic rings. The van der Waals surface area contributed by atoms with Crippen LogP contribution in [0.5, 0.6) is 5.75 Å². The molecule has 0 aliphatic carbocycles. The minimum atomic E-state index is -1.10. The van der Waals surface area contributed by atoms with Crippen LogP contribution in [0.15, 0.2) is 18.2 Å². The lowest BCUT2D eigenvalue weighted by Crippen LogP contribution is -2.05. The fraction of sp³-hybridized carbons (Fsp3) is 0.364. The van der Waals surface area contributed by atoms with Crippen LogP contribution in [0.4, 0.5) is 0 Å². The number of hydrogen-bond acceptors (Lipinski definition) is 3. The minimum Gasteiger partial charge on any atom is -0.478 e. The molecule has 0 atom stereocenters. The summed E-state index contributed by atoms with van der Waals surface area (Å²) < 4.78 is 0. The van der Waals surface area contributed by atoms with Gasteiger partial charge in [-0.1, -0.05) is 24.9 Å². The van der Waals surface area contributed by atoms with Crippen LogP contribution in [-0.4, -0.2) is 17.7 Å². The fourth-order valence-electron chi connectivity index (χ4n) is 1.05. The van der Waals surface area contributed by atoms with Gasteiger partial charge in [0, 0.05) is 5.02 Å². The molecular formula is C11H13ClO4. The summed E-state index contributed by atoms with van der Waals surface area (Å²) in [6, 6.07) is 4.34. The molecule has 1 aromatic carbocycles. The zero-order valence-electron chi connectivity index (χ0n) is 8.90. The molecule has 0 fully saturated rings. The van der Waals surface area contributed by atoms with Gasteiger partial charge in [0.1, 0.15) is 5.56 Å². The standard InChI is InChI=1S/C11H13ClO4/c1-2-3-6-15-16-10-5-4-8(12)7-9(10)11(13)14/h4-5,7H,2-3,6H2,1H3,(H,13,14). The van der Waals surface area contributed by atoms with Crippen molar-refractivity contribution in [2.24, 2.45) is 0 Å². The van der Waals surface area contributed by atoms with E-state index in [9.17, 15) is 4.79 Å². The van der Waals surface area contributed by atoms with E-state index in [4.69, 9.17) is 26.5 Å². The highest BCUT2D eigenvalue weighted by atomic mass is 35.5. The van der Waals surface area contributed by atoms with Crippen LogP contribution in [0.3, 0.4) is 0 Å². The quantitative estimate of drug-likeness (QED) is 0.474. The van der Waals surface area contributed by atoms with Gasteiger partial charge >= 0.3 is 5.97 Å². The number of benzene rings is 1. The number of unbranched alkanes of at least 4 members (excludes halogenated alkanes) is 1. The van der Waals surface area contributed by atoms with E-state index < -0.39 is 5.97 Å². The molecule has 4 nitrogen and oxygen atoms in total. The maximum absolute atomic E-state index is 10.9. The van der Waals surface area contributed by atoms with E-state index in [1.807, 2.05) is 6.92 Å². The first kappa shape index (κ1) is 12.8. The van der Waals surface area contributed by atoms with E-state index in [2.05, 4.69) is 0 Å². The van der Waals surface area contributed by atoms with E-state index in [1.54, 1.807) is 6.07 Å². The Hall–Kier alpha value is -1.26. The van der Waals surface area contributed by atoms with E-state index in [0.717, 1.165) is 12.8 Å². The number of carboxylic acid groups (broad SMARTS) is 1. The number of carboxylic acids is 1. The molecule has 1 rings (SSSR count). The molecule has 0 aliphatic heterocycles. The Morgan fingerprint density at radius 1 is 1.50 bits per heavy atom. The number of halogens is 1. The average molecular weight is 245 g/mol. The van der Waals surface area contributed by atoms with E-state index >= 15 is 0 Å². The zero-order valence-corrected chi connectivity index (χ0v) is 9.66. The third-order valence-corrected chi connectivity index (χ3v) is 2.14. The van der Waals surface area contributed by atoms with Crippen molar-refractivity contribution >= 4 is 17.6 Å². The van der Waals surface area contributed by atoms with Crippen LogP contribution in [0.25, 0.3) is 0 Å². The lowest BCUT2D eigenvalue weighted by Gasteiger charge is -2.07. The van der Waals surface area contributed by atoms with Gasteiger partial charge in [0.2, 0.25) is 0 Å². The molecule has 0 aromatic heterocycles. The van der Waals surface area contributed by atoms with Crippen LogP contribution >= 0.6 is 11.6 Å². The van der Waals surface area contributed by atoms with Gasteiger partial charge in [0.15, 0.2) is 5.75 Å². The SMILES string of the molecule is CCCCOOc1ccc(Cl)cc1C(=O)O. The molecule has 0 heterocycles. The van der Waals surface area contributed by atoms with Gasteiger partial charge in [0.05, 0.1) is 6.61 Å². The summed E-state index contributed by atoms with van der Waals surface area (Å²) in [6.45, 7) is 2.45. The van der Waals surface area contributed by atoms with Crippen molar-refractivity contribution in [3.05, 3.63) is 28.8 Å². The predicted molar refractivity (Wildman–Crippen MR) is 59.9 cm³/mol. The van der Waals surface area contributed by atoms with Crippen LogP contribution in [-0.2, 0) is 4.89 Å². The van der Waals surface area contributed by atoms with E-state index in [1.165, 1.54) is 12.1 Å². The van der Waals surface area contributed by atoms with Crippen molar-refractivity contribution < 1.29 is 19.7 Å². The Morgan fingerprint density at radius 3 is 2.88 bits per heavy atom. The summed E-state index contributed by atoms with van der Waals surface area (Å²) in [5.74, 6) is -0.940. The van der Waals surface area contributed by atoms with Crippen molar-refractivity contribution in [2.75, 3.05) is 6.61 Å². The van der Waals surface area contributed by atoms with E-state index in [0.29, 0.717) is 11.6 Å². The third-order valence-electron chi connectivity index (χ3n) is 1.90. The van der Waals surface area contributed by atoms with Gasteiger partial charge in [-0.15, -0.1) is 0 Å². The topological polar surface area (TPSA) is 55.8 Å². The molecule has 1 N–H and O–H groups in total. The predicted octanol–water partition coefficient (Wildman–Crippen LogP) is 3.15. The Morgan fingerprint density at radius 2 is 2.25 bits per heavy atom. The average Bonchev–Trinajstić information content (AvgIpc) is 2.26. The summed E-state index contributed by atoms with van der Waals surface area (Å²) in [6.07, 6.45) is 1.84. The highest BCUT2D eigenvalue weighted by molar-refractivity contribution is 6.31. The second-order valence-electron chi connectivity index (χ2n) is 3.20. The number of aromatic carboxylic acids is 1. The smallest absolute Gasteiger partial charge is 0.339 e. The molecule has 16 heavy (non-hydrogen) atoms. The second kappa shape index (κ2) is 6.35. The molecule has 0 aliphatic rings. The number of rotatable bonds is 6. The molecule has 88 valence electrons. The molecule has 0 spiro atoms. The van der Waals surface area contributed by atoms with E-state index in [-0.39, 0.29) is 11.3 Å². The van der Waals surface area contributed by atoms with Crippen molar-refractivity contribution in [3.63, 3.8) is 0 Å². The van der Waals surface area contributed by atoms with Crippen LogP contribution in [0, 0.1) is 0 Å². The van der Waals surface area contributed by atoms with Gasteiger partial charge in [-0.05, 0) is 24.6 Å². The second-order valence-corrected chi connectivity index (χ2v) is 3.64. The Bertz CT molecular complexity index is 365. The molecule has 0 bridgehead atoms. The molecule has 0 amide bonds. The normalized spacial score (nSPS) is 10.1. The summed E-state index contributed by atoms with van der Waals surface area (Å²) >= 11 is 5.68. The number of hydrogen-bond donors (Lipinski definition) is 1. The van der Waals surface area contributed by atoms with Gasteiger partial charge < -0.3 is 9.99 Å². The summed E-state index contributed by atoms with van der Waals surface area (Å²) in [4.78, 5) is 20.7. The summed E-state index contributed by atoms with van der Waals surface area (Å²) in [5.41, 5.74) is -0.0102. The van der Waals surface area contributed by atoms with Crippen molar-refractivity contribution in [1.82, 2.24) is 0 Å². The number of carbonyl (C=O) groups is 1. The monoisotopic (exact) mass is 244 g/mol. The first-order valence-electron chi connectivity index (χ1n) is 4.97. The molecule has 0 saturated heterocycles. The highest BCUT2D eigenvalue weighted by Gasteiger charge is 2.12. The van der Waals surface area contributed by atoms with Gasteiger partial charge in [0.25, 0.3) is 0 Å². The van der Waals surface area contributed by atoms with Crippen LogP contribution in [0.1, 0.15) is 30.1 Å². The first-order chi connectivity index (χ1) is 7.65. The summed E-state index contributed by atoms with van der Waals surface area (Å²) in [7, 11) is 0. The van der Waals surface area contributed by atoms with Crippen LogP contribution < -0.4 is 4.89 Å². The lowest BCUT2D eigenvalue weighted by molar-refractivity contribution is -0.207. The maximum atomic E-state index is 10.9. The van der Waals surface area contributed by atoms with Gasteiger partial charge in [-0.3, -0.25) is 0 Å². The molecule has 0 radical (unpaired) electrons. The highest BCUT2D eigenvalue weighted by Crippen LogP contribution is 2.23. The molecule has 0 saturated carbocycles. The summed E-state index contributed by atoms with van der Waals surface area (Å²) in [5, 5.41) is 9.24. The first-order valence-corrected chi connectivity index (χ1v) is 5.35. The molecule has 0 unspecified atom stereocenters. The third kappa shape index (κ3) is 3.72. The largest absolute Gasteiger partial charge is 0.478 e. The Balaban J connectivity index is 2.67. The maximum Gasteiger partial charge on any atom is 0.339 e. The van der Waals surface area contributed by atoms with Gasteiger partial charge in [-0.25, -0.2) is 4.79 Å². The Labute approximate surface area is 98.7 Å². The zero-order chi connectivity index (χ0) is 12.0.